The molecular weight excluding hydrogens is 367 g/mol. The summed E-state index contributed by atoms with van der Waals surface area (Å²) in [6, 6.07) is 7.81. The molecule has 0 amide bonds. The van der Waals surface area contributed by atoms with Crippen molar-refractivity contribution >= 4 is 23.2 Å². The molecule has 1 aromatic carbocycles. The highest BCUT2D eigenvalue weighted by Crippen LogP contribution is 2.62. The highest BCUT2D eigenvalue weighted by atomic mass is 35.5. The van der Waals surface area contributed by atoms with E-state index in [1.807, 2.05) is 0 Å². The molecule has 26 heavy (non-hydrogen) atoms. The second kappa shape index (κ2) is 6.55. The Morgan fingerprint density at radius 2 is 2.04 bits per heavy atom. The molecule has 2 unspecified atom stereocenters. The van der Waals surface area contributed by atoms with Crippen LogP contribution in [0.25, 0.3) is 0 Å². The minimum atomic E-state index is 0.196. The second-order valence-corrected chi connectivity index (χ2v) is 9.29. The van der Waals surface area contributed by atoms with Crippen molar-refractivity contribution in [2.24, 2.45) is 5.92 Å². The van der Waals surface area contributed by atoms with Gasteiger partial charge in [0.05, 0.1) is 0 Å². The van der Waals surface area contributed by atoms with Crippen LogP contribution in [0.1, 0.15) is 30.4 Å². The van der Waals surface area contributed by atoms with Gasteiger partial charge >= 0.3 is 0 Å². The van der Waals surface area contributed by atoms with Gasteiger partial charge in [-0.2, -0.15) is 0 Å². The summed E-state index contributed by atoms with van der Waals surface area (Å²) in [5, 5.41) is 0. The first kappa shape index (κ1) is 17.6. The molecule has 1 spiro atoms. The van der Waals surface area contributed by atoms with Crippen molar-refractivity contribution in [3.8, 4) is 5.75 Å². The molecule has 2 bridgehead atoms. The molecule has 5 atom stereocenters. The second-order valence-electron chi connectivity index (χ2n) is 8.54. The maximum Gasteiger partial charge on any atom is 0.124 e. The molecule has 1 saturated heterocycles. The maximum absolute atomic E-state index is 6.75. The van der Waals surface area contributed by atoms with Gasteiger partial charge in [-0.05, 0) is 56.8 Å². The van der Waals surface area contributed by atoms with Gasteiger partial charge in [0.2, 0.25) is 0 Å². The Hall–Kier alpha value is -0.480. The Morgan fingerprint density at radius 1 is 1.23 bits per heavy atom. The molecular formula is C21H28Cl2N2O. The quantitative estimate of drug-likeness (QED) is 0.710. The monoisotopic (exact) mass is 394 g/mol. The van der Waals surface area contributed by atoms with E-state index in [0.29, 0.717) is 29.8 Å². The van der Waals surface area contributed by atoms with Gasteiger partial charge in [-0.3, -0.25) is 4.90 Å². The number of rotatable bonds is 5. The average Bonchev–Trinajstić information content (AvgIpc) is 2.98. The number of alkyl halides is 2. The zero-order chi connectivity index (χ0) is 17.9. The van der Waals surface area contributed by atoms with Crippen molar-refractivity contribution in [3.05, 3.63) is 29.3 Å². The van der Waals surface area contributed by atoms with Gasteiger partial charge in [0.15, 0.2) is 0 Å². The summed E-state index contributed by atoms with van der Waals surface area (Å²) in [7, 11) is 2.32. The highest BCUT2D eigenvalue weighted by molar-refractivity contribution is 6.18. The summed E-state index contributed by atoms with van der Waals surface area (Å²) < 4.78 is 6.75. The van der Waals surface area contributed by atoms with E-state index >= 15 is 0 Å². The van der Waals surface area contributed by atoms with E-state index in [2.05, 4.69) is 35.0 Å². The lowest BCUT2D eigenvalue weighted by molar-refractivity contribution is -0.0810. The SMILES string of the molecule is CN1CC[C@]23c4c5cccc4OC2C(N(CCCl)CCCl)CC[C@H]3[C@@H]1C5. The number of nitrogens with zero attached hydrogens (tertiary/aromatic N) is 2. The zero-order valence-corrected chi connectivity index (χ0v) is 17.0. The molecule has 2 fully saturated rings. The topological polar surface area (TPSA) is 15.7 Å². The van der Waals surface area contributed by atoms with Crippen LogP contribution in [0.4, 0.5) is 0 Å². The first-order valence-electron chi connectivity index (χ1n) is 10.1. The van der Waals surface area contributed by atoms with E-state index < -0.39 is 0 Å². The molecule has 5 rings (SSSR count). The van der Waals surface area contributed by atoms with Crippen molar-refractivity contribution in [2.75, 3.05) is 38.4 Å². The van der Waals surface area contributed by atoms with E-state index in [-0.39, 0.29) is 11.5 Å². The van der Waals surface area contributed by atoms with Crippen LogP contribution >= 0.6 is 23.2 Å². The molecule has 2 aliphatic heterocycles. The number of likely N-dealkylation sites (N-methyl/N-ethyl adjacent to an activating group) is 1. The lowest BCUT2D eigenvalue weighted by Crippen LogP contribution is -2.68. The van der Waals surface area contributed by atoms with Crippen LogP contribution in [0.2, 0.25) is 0 Å². The minimum absolute atomic E-state index is 0.196. The van der Waals surface area contributed by atoms with E-state index in [9.17, 15) is 0 Å². The molecule has 4 aliphatic rings. The average molecular weight is 395 g/mol. The van der Waals surface area contributed by atoms with Crippen molar-refractivity contribution in [1.82, 2.24) is 9.80 Å². The van der Waals surface area contributed by atoms with E-state index in [0.717, 1.165) is 18.8 Å². The molecule has 1 aromatic rings. The number of benzene rings is 1. The van der Waals surface area contributed by atoms with E-state index in [1.54, 1.807) is 5.56 Å². The third kappa shape index (κ3) is 2.27. The lowest BCUT2D eigenvalue weighted by Gasteiger charge is -2.60. The van der Waals surface area contributed by atoms with Crippen LogP contribution in [0.5, 0.6) is 5.75 Å². The summed E-state index contributed by atoms with van der Waals surface area (Å²) in [4.78, 5) is 5.11. The predicted octanol–water partition coefficient (Wildman–Crippen LogP) is 3.50. The summed E-state index contributed by atoms with van der Waals surface area (Å²) in [6.45, 7) is 2.96. The molecule has 2 aliphatic carbocycles. The van der Waals surface area contributed by atoms with Crippen molar-refractivity contribution in [1.29, 1.82) is 0 Å². The number of hydrogen-bond acceptors (Lipinski definition) is 3. The number of ether oxygens (including phenoxy) is 1. The summed E-state index contributed by atoms with van der Waals surface area (Å²) in [5.74, 6) is 3.18. The lowest BCUT2D eigenvalue weighted by atomic mass is 9.51. The molecule has 0 radical (unpaired) electrons. The summed E-state index contributed by atoms with van der Waals surface area (Å²) >= 11 is 12.3. The fourth-order valence-corrected chi connectivity index (χ4v) is 7.15. The van der Waals surface area contributed by atoms with Gasteiger partial charge in [0.25, 0.3) is 0 Å². The largest absolute Gasteiger partial charge is 0.488 e. The smallest absolute Gasteiger partial charge is 0.124 e. The Kier molecular flexibility index (Phi) is 4.43. The number of likely N-dealkylation sites (tertiary alicyclic amines) is 1. The van der Waals surface area contributed by atoms with Crippen LogP contribution < -0.4 is 4.74 Å². The normalized spacial score (nSPS) is 37.5. The van der Waals surface area contributed by atoms with Crippen LogP contribution in [0, 0.1) is 5.92 Å². The van der Waals surface area contributed by atoms with Crippen LogP contribution in [-0.2, 0) is 11.8 Å². The van der Waals surface area contributed by atoms with E-state index in [4.69, 9.17) is 27.9 Å². The standard InChI is InChI=1S/C21H28Cl2N2O/c1-24-10-7-21-15-5-6-16(25(11-8-22)12-9-23)20(21)26-18-4-2-3-14(19(18)21)13-17(15)24/h2-4,15-17,20H,5-13H2,1H3/t15-,16?,17-,20?,21-/m0/s1. The predicted molar refractivity (Wildman–Crippen MR) is 107 cm³/mol. The summed E-state index contributed by atoms with van der Waals surface area (Å²) in [6.07, 6.45) is 5.12. The Morgan fingerprint density at radius 3 is 2.81 bits per heavy atom. The van der Waals surface area contributed by atoms with Gasteiger partial charge in [-0.1, -0.05) is 12.1 Å². The fraction of sp³-hybridized carbons (Fsp3) is 0.714. The molecule has 2 heterocycles. The van der Waals surface area contributed by atoms with Gasteiger partial charge in [-0.15, -0.1) is 23.2 Å². The molecule has 3 nitrogen and oxygen atoms in total. The minimum Gasteiger partial charge on any atom is -0.488 e. The first-order chi connectivity index (χ1) is 12.7. The number of hydrogen-bond donors (Lipinski definition) is 0. The van der Waals surface area contributed by atoms with Crippen molar-refractivity contribution in [3.63, 3.8) is 0 Å². The number of piperidine rings is 1. The zero-order valence-electron chi connectivity index (χ0n) is 15.5. The van der Waals surface area contributed by atoms with Crippen LogP contribution in [0.3, 0.4) is 0 Å². The van der Waals surface area contributed by atoms with Gasteiger partial charge in [0.1, 0.15) is 11.9 Å². The van der Waals surface area contributed by atoms with Gasteiger partial charge < -0.3 is 9.64 Å². The van der Waals surface area contributed by atoms with Crippen molar-refractivity contribution < 1.29 is 4.74 Å². The van der Waals surface area contributed by atoms with Crippen LogP contribution in [0.15, 0.2) is 18.2 Å². The van der Waals surface area contributed by atoms with Crippen LogP contribution in [-0.4, -0.2) is 66.4 Å². The maximum atomic E-state index is 6.75. The molecule has 1 saturated carbocycles. The van der Waals surface area contributed by atoms with Gasteiger partial charge in [-0.25, -0.2) is 0 Å². The third-order valence-electron chi connectivity index (χ3n) is 7.67. The molecule has 0 N–H and O–H groups in total. The third-order valence-corrected chi connectivity index (χ3v) is 8.01. The summed E-state index contributed by atoms with van der Waals surface area (Å²) in [5.41, 5.74) is 3.28. The molecule has 5 heteroatoms. The fourth-order valence-electron chi connectivity index (χ4n) is 6.72. The Labute approximate surface area is 166 Å². The van der Waals surface area contributed by atoms with E-state index in [1.165, 1.54) is 37.8 Å². The Balaban J connectivity index is 1.61. The highest BCUT2D eigenvalue weighted by Gasteiger charge is 2.65. The molecule has 142 valence electrons. The van der Waals surface area contributed by atoms with Gasteiger partial charge in [0, 0.05) is 47.9 Å². The Bertz CT molecular complexity index is 693. The number of halogens is 2. The first-order valence-corrected chi connectivity index (χ1v) is 11.1. The van der Waals surface area contributed by atoms with Crippen molar-refractivity contribution in [2.45, 2.75) is 49.3 Å². The molecule has 0 aromatic heterocycles.